The highest BCUT2D eigenvalue weighted by molar-refractivity contribution is 6.73. The monoisotopic (exact) mass is 676 g/mol. The Bertz CT molecular complexity index is 2960. The number of hydrogen-bond donors (Lipinski definition) is 1. The Labute approximate surface area is 308 Å². The molecule has 248 valence electrons. The lowest BCUT2D eigenvalue weighted by Crippen LogP contribution is -2.37. The number of nitrogens with zero attached hydrogens (tertiary/aromatic N) is 1. The van der Waals surface area contributed by atoms with Crippen LogP contribution in [0.1, 0.15) is 22.6 Å². The van der Waals surface area contributed by atoms with Crippen molar-refractivity contribution in [1.82, 2.24) is 4.57 Å². The summed E-state index contributed by atoms with van der Waals surface area (Å²) in [7, 11) is 0.828. The summed E-state index contributed by atoms with van der Waals surface area (Å²) >= 11 is 0. The van der Waals surface area contributed by atoms with Crippen molar-refractivity contribution in [2.24, 2.45) is 0 Å². The van der Waals surface area contributed by atoms with Gasteiger partial charge in [-0.2, -0.15) is 0 Å². The van der Waals surface area contributed by atoms with Crippen molar-refractivity contribution in [1.29, 1.82) is 0 Å². The van der Waals surface area contributed by atoms with Crippen LogP contribution in [0.4, 0.5) is 11.4 Å². The van der Waals surface area contributed by atoms with E-state index in [0.29, 0.717) is 0 Å². The lowest BCUT2D eigenvalue weighted by atomic mass is 9.58. The van der Waals surface area contributed by atoms with Gasteiger partial charge in [0.25, 0.3) is 0 Å². The highest BCUT2D eigenvalue weighted by atomic mass is 16.3. The molecular formula is C49H33BN2O. The van der Waals surface area contributed by atoms with Crippen molar-refractivity contribution >= 4 is 73.3 Å². The summed E-state index contributed by atoms with van der Waals surface area (Å²) < 4.78 is 9.04. The first-order valence-corrected chi connectivity index (χ1v) is 18.3. The molecule has 0 atom stereocenters. The summed E-state index contributed by atoms with van der Waals surface area (Å²) in [6, 6.07) is 65.8. The lowest BCUT2D eigenvalue weighted by molar-refractivity contribution is 0.669. The first kappa shape index (κ1) is 29.9. The zero-order valence-electron chi connectivity index (χ0n) is 29.0. The number of furan rings is 1. The molecule has 0 saturated carbocycles. The number of para-hydroxylation sites is 4. The standard InChI is InChI=1S/C49H33BN2O/c1-4-16-31(17-5-1)46(32-18-6-2-7-19-32)39-29-38(48-49-47(39)35-23-10-13-25-42(35)52(49)43-26-14-12-24-40(43)50-48)36-28-37-34-22-11-15-27-44(34)53-45(37)30-41(36)51-33-20-8-3-9-21-33/h1-30,46,50-51H. The number of fused-ring (bicyclic) bond motifs is 8. The number of aromatic nitrogens is 1. The van der Waals surface area contributed by atoms with E-state index in [1.54, 1.807) is 0 Å². The molecule has 3 nitrogen and oxygen atoms in total. The summed E-state index contributed by atoms with van der Waals surface area (Å²) in [4.78, 5) is 0. The van der Waals surface area contributed by atoms with E-state index in [0.717, 1.165) is 46.2 Å². The molecule has 0 amide bonds. The number of hydrogen-bond acceptors (Lipinski definition) is 2. The predicted molar refractivity (Wildman–Crippen MR) is 223 cm³/mol. The molecule has 11 rings (SSSR count). The summed E-state index contributed by atoms with van der Waals surface area (Å²) in [6.45, 7) is 0. The number of benzene rings is 8. The fourth-order valence-electron chi connectivity index (χ4n) is 8.84. The largest absolute Gasteiger partial charge is 0.456 e. The van der Waals surface area contributed by atoms with Gasteiger partial charge in [0.05, 0.1) is 11.2 Å². The highest BCUT2D eigenvalue weighted by Gasteiger charge is 2.31. The summed E-state index contributed by atoms with van der Waals surface area (Å²) in [5.41, 5.74) is 16.5. The van der Waals surface area contributed by atoms with Gasteiger partial charge in [-0.1, -0.05) is 139 Å². The van der Waals surface area contributed by atoms with Crippen molar-refractivity contribution in [3.05, 3.63) is 199 Å². The molecule has 1 aliphatic heterocycles. The van der Waals surface area contributed by atoms with E-state index in [4.69, 9.17) is 4.42 Å². The Morgan fingerprint density at radius 3 is 1.94 bits per heavy atom. The maximum absolute atomic E-state index is 6.50. The minimum absolute atomic E-state index is 0.00523. The molecule has 2 aromatic heterocycles. The Kier molecular flexibility index (Phi) is 6.71. The second-order valence-electron chi connectivity index (χ2n) is 14.1. The summed E-state index contributed by atoms with van der Waals surface area (Å²) in [5, 5.41) is 8.66. The third-order valence-electron chi connectivity index (χ3n) is 11.1. The zero-order valence-corrected chi connectivity index (χ0v) is 29.0. The second-order valence-corrected chi connectivity index (χ2v) is 14.1. The van der Waals surface area contributed by atoms with Gasteiger partial charge in [-0.05, 0) is 70.2 Å². The molecule has 3 heterocycles. The van der Waals surface area contributed by atoms with Crippen LogP contribution in [-0.4, -0.2) is 11.8 Å². The maximum atomic E-state index is 6.50. The molecule has 8 aromatic carbocycles. The van der Waals surface area contributed by atoms with E-state index >= 15 is 0 Å². The third-order valence-corrected chi connectivity index (χ3v) is 11.1. The van der Waals surface area contributed by atoms with Gasteiger partial charge in [-0.15, -0.1) is 0 Å². The first-order chi connectivity index (χ1) is 26.3. The summed E-state index contributed by atoms with van der Waals surface area (Å²) in [5.74, 6) is 0.00523. The van der Waals surface area contributed by atoms with Gasteiger partial charge in [0.15, 0.2) is 7.28 Å². The SMILES string of the molecule is B1c2ccccc2-n2c3ccccc3c3c(C(c4ccccc4)c4ccccc4)cc(-c4cc5c(cc4Nc4ccccc4)oc4ccccc45)c1c32. The molecular weight excluding hydrogens is 643 g/mol. The molecule has 0 bridgehead atoms. The Morgan fingerprint density at radius 1 is 0.528 bits per heavy atom. The van der Waals surface area contributed by atoms with E-state index in [-0.39, 0.29) is 5.92 Å². The van der Waals surface area contributed by atoms with Crippen LogP contribution in [0.5, 0.6) is 0 Å². The molecule has 10 aromatic rings. The average Bonchev–Trinajstić information content (AvgIpc) is 3.76. The van der Waals surface area contributed by atoms with Crippen molar-refractivity contribution in [3.63, 3.8) is 0 Å². The van der Waals surface area contributed by atoms with Gasteiger partial charge in [-0.3, -0.25) is 0 Å². The van der Waals surface area contributed by atoms with Crippen LogP contribution in [0.2, 0.25) is 0 Å². The predicted octanol–water partition coefficient (Wildman–Crippen LogP) is 11.0. The van der Waals surface area contributed by atoms with Crippen LogP contribution >= 0.6 is 0 Å². The Hall–Kier alpha value is -6.78. The van der Waals surface area contributed by atoms with Crippen molar-refractivity contribution < 1.29 is 4.42 Å². The topological polar surface area (TPSA) is 30.1 Å². The number of nitrogens with one attached hydrogen (secondary N) is 1. The fourth-order valence-corrected chi connectivity index (χ4v) is 8.84. The minimum atomic E-state index is 0.00523. The zero-order chi connectivity index (χ0) is 34.9. The third kappa shape index (κ3) is 4.69. The molecule has 53 heavy (non-hydrogen) atoms. The van der Waals surface area contributed by atoms with Crippen molar-refractivity contribution in [3.8, 4) is 16.8 Å². The van der Waals surface area contributed by atoms with Gasteiger partial charge < -0.3 is 14.3 Å². The normalized spacial score (nSPS) is 12.1. The minimum Gasteiger partial charge on any atom is -0.456 e. The van der Waals surface area contributed by atoms with Crippen LogP contribution in [0, 0.1) is 0 Å². The van der Waals surface area contributed by atoms with Gasteiger partial charge in [-0.25, -0.2) is 0 Å². The van der Waals surface area contributed by atoms with Crippen LogP contribution in [-0.2, 0) is 0 Å². The van der Waals surface area contributed by atoms with E-state index in [2.05, 4.69) is 186 Å². The van der Waals surface area contributed by atoms with Crippen molar-refractivity contribution in [2.45, 2.75) is 5.92 Å². The Balaban J connectivity index is 1.32. The van der Waals surface area contributed by atoms with Gasteiger partial charge in [0.2, 0.25) is 0 Å². The second kappa shape index (κ2) is 11.9. The van der Waals surface area contributed by atoms with Crippen LogP contribution < -0.4 is 16.2 Å². The van der Waals surface area contributed by atoms with Crippen LogP contribution in [0.25, 0.3) is 60.6 Å². The molecule has 4 heteroatoms. The maximum Gasteiger partial charge on any atom is 0.198 e. The average molecular weight is 677 g/mol. The van der Waals surface area contributed by atoms with Gasteiger partial charge in [0.1, 0.15) is 11.2 Å². The van der Waals surface area contributed by atoms with Crippen LogP contribution in [0.3, 0.4) is 0 Å². The molecule has 0 radical (unpaired) electrons. The van der Waals surface area contributed by atoms with E-state index in [1.165, 1.54) is 60.7 Å². The Morgan fingerprint density at radius 2 is 1.17 bits per heavy atom. The number of rotatable bonds is 6. The van der Waals surface area contributed by atoms with E-state index in [1.807, 2.05) is 6.07 Å². The molecule has 0 unspecified atom stereocenters. The quantitative estimate of drug-likeness (QED) is 0.140. The highest BCUT2D eigenvalue weighted by Crippen LogP contribution is 2.46. The first-order valence-electron chi connectivity index (χ1n) is 18.3. The van der Waals surface area contributed by atoms with Crippen molar-refractivity contribution in [2.75, 3.05) is 5.32 Å². The van der Waals surface area contributed by atoms with E-state index in [9.17, 15) is 0 Å². The van der Waals surface area contributed by atoms with Gasteiger partial charge >= 0.3 is 0 Å². The molecule has 0 spiro atoms. The molecule has 1 N–H and O–H groups in total. The number of anilines is 2. The lowest BCUT2D eigenvalue weighted by Gasteiger charge is -2.27. The smallest absolute Gasteiger partial charge is 0.198 e. The van der Waals surface area contributed by atoms with E-state index < -0.39 is 0 Å². The molecule has 0 fully saturated rings. The fraction of sp³-hybridized carbons (Fsp3) is 0.0204. The molecule has 0 saturated heterocycles. The summed E-state index contributed by atoms with van der Waals surface area (Å²) in [6.07, 6.45) is 0. The van der Waals surface area contributed by atoms with Crippen LogP contribution in [0.15, 0.2) is 186 Å². The molecule has 0 aliphatic carbocycles. The van der Waals surface area contributed by atoms with Gasteiger partial charge in [0, 0.05) is 56.0 Å². The molecule has 1 aliphatic rings.